The molecule has 0 spiro atoms. The first kappa shape index (κ1) is 29.9. The Balaban J connectivity index is 2.12. The molecular formula is C32H48O3Si. The van der Waals surface area contributed by atoms with E-state index in [9.17, 15) is 0 Å². The summed E-state index contributed by atoms with van der Waals surface area (Å²) in [6.45, 7) is 12.7. The zero-order valence-electron chi connectivity index (χ0n) is 22.8. The first-order valence-corrected chi connectivity index (χ1v) is 16.0. The Bertz CT molecular complexity index is 824. The Morgan fingerprint density at radius 2 is 1.08 bits per heavy atom. The molecule has 0 fully saturated rings. The van der Waals surface area contributed by atoms with Crippen LogP contribution < -0.4 is 8.85 Å². The third kappa shape index (κ3) is 10.8. The average molecular weight is 509 g/mol. The zero-order valence-corrected chi connectivity index (χ0v) is 23.8. The first-order valence-electron chi connectivity index (χ1n) is 14.1. The molecule has 198 valence electrons. The first-order chi connectivity index (χ1) is 17.7. The fourth-order valence-electron chi connectivity index (χ4n) is 4.49. The van der Waals surface area contributed by atoms with Crippen molar-refractivity contribution in [3.8, 4) is 11.5 Å². The second-order valence-corrected chi connectivity index (χ2v) is 12.0. The van der Waals surface area contributed by atoms with Crippen molar-refractivity contribution in [3.63, 3.8) is 0 Å². The van der Waals surface area contributed by atoms with Crippen LogP contribution in [0.5, 0.6) is 11.5 Å². The number of rotatable bonds is 21. The van der Waals surface area contributed by atoms with E-state index in [1.807, 2.05) is 55.5 Å². The van der Waals surface area contributed by atoms with Gasteiger partial charge >= 0.3 is 8.80 Å². The fraction of sp³-hybridized carbons (Fsp3) is 0.500. The van der Waals surface area contributed by atoms with E-state index < -0.39 is 8.80 Å². The summed E-state index contributed by atoms with van der Waals surface area (Å²) in [4.78, 5) is 0. The number of allylic oxidation sites excluding steroid dienone is 2. The molecule has 2 rings (SSSR count). The number of unbranched alkanes of at least 4 members (excludes halogenated alkanes) is 9. The maximum Gasteiger partial charge on any atom is 0.632 e. The topological polar surface area (TPSA) is 27.7 Å². The van der Waals surface area contributed by atoms with Gasteiger partial charge in [0.05, 0.1) is 0 Å². The van der Waals surface area contributed by atoms with Crippen molar-refractivity contribution >= 4 is 8.80 Å². The molecular weight excluding hydrogens is 460 g/mol. The van der Waals surface area contributed by atoms with E-state index in [0.717, 1.165) is 47.9 Å². The summed E-state index contributed by atoms with van der Waals surface area (Å²) >= 11 is 0. The van der Waals surface area contributed by atoms with Crippen LogP contribution in [-0.4, -0.2) is 15.4 Å². The van der Waals surface area contributed by atoms with Crippen molar-refractivity contribution in [1.29, 1.82) is 0 Å². The highest BCUT2D eigenvalue weighted by Crippen LogP contribution is 2.31. The zero-order chi connectivity index (χ0) is 25.9. The second kappa shape index (κ2) is 18.0. The van der Waals surface area contributed by atoms with E-state index in [4.69, 9.17) is 13.3 Å². The van der Waals surface area contributed by atoms with E-state index in [-0.39, 0.29) is 0 Å². The highest BCUT2D eigenvalue weighted by atomic mass is 28.4. The lowest BCUT2D eigenvalue weighted by atomic mass is 10.1. The van der Waals surface area contributed by atoms with Crippen molar-refractivity contribution in [2.24, 2.45) is 0 Å². The van der Waals surface area contributed by atoms with Gasteiger partial charge in [-0.25, -0.2) is 0 Å². The molecule has 0 N–H and O–H groups in total. The molecule has 2 aromatic carbocycles. The van der Waals surface area contributed by atoms with Gasteiger partial charge in [0, 0.05) is 12.7 Å². The summed E-state index contributed by atoms with van der Waals surface area (Å²) in [7, 11) is -3.06. The molecule has 2 aromatic rings. The van der Waals surface area contributed by atoms with Crippen molar-refractivity contribution in [1.82, 2.24) is 0 Å². The Morgan fingerprint density at radius 3 is 1.53 bits per heavy atom. The van der Waals surface area contributed by atoms with E-state index >= 15 is 0 Å². The van der Waals surface area contributed by atoms with Gasteiger partial charge in [-0.1, -0.05) is 113 Å². The minimum absolute atomic E-state index is 0.553. The third-order valence-corrected chi connectivity index (χ3v) is 9.16. The van der Waals surface area contributed by atoms with Gasteiger partial charge in [0.25, 0.3) is 0 Å². The number of benzene rings is 2. The number of hydrogen-bond acceptors (Lipinski definition) is 3. The maximum absolute atomic E-state index is 6.77. The van der Waals surface area contributed by atoms with Crippen LogP contribution in [0.4, 0.5) is 0 Å². The van der Waals surface area contributed by atoms with Crippen LogP contribution in [0.2, 0.25) is 6.04 Å². The SMILES string of the molecule is C=CCc1ccccc1O[Si](CCCCCCCCCCCC)(OCC)Oc1ccccc1CC=C. The van der Waals surface area contributed by atoms with Crippen LogP contribution in [0, 0.1) is 0 Å². The standard InChI is InChI=1S/C32H48O3Si/c1-5-9-10-11-12-13-14-15-16-21-28-36(33-8-4,34-31-26-19-17-24-29(31)22-6-2)35-32-27-20-18-25-30(32)23-7-3/h6-7,17-20,24-27H,2-3,5,8-16,21-23,28H2,1,4H3. The molecule has 0 unspecified atom stereocenters. The van der Waals surface area contributed by atoms with Crippen molar-refractivity contribution in [2.45, 2.75) is 96.9 Å². The van der Waals surface area contributed by atoms with Crippen LogP contribution in [0.3, 0.4) is 0 Å². The quantitative estimate of drug-likeness (QED) is 0.0954. The Labute approximate surface area is 221 Å². The number of para-hydroxylation sites is 2. The van der Waals surface area contributed by atoms with Gasteiger partial charge in [-0.15, -0.1) is 13.2 Å². The highest BCUT2D eigenvalue weighted by Gasteiger charge is 2.46. The summed E-state index contributed by atoms with van der Waals surface area (Å²) in [5.41, 5.74) is 2.21. The van der Waals surface area contributed by atoms with Crippen LogP contribution in [-0.2, 0) is 17.3 Å². The van der Waals surface area contributed by atoms with Gasteiger partial charge < -0.3 is 13.3 Å². The summed E-state index contributed by atoms with van der Waals surface area (Å²) in [5.74, 6) is 1.68. The monoisotopic (exact) mass is 508 g/mol. The number of hydrogen-bond donors (Lipinski definition) is 0. The summed E-state index contributed by atoms with van der Waals surface area (Å²) < 4.78 is 20.0. The molecule has 0 radical (unpaired) electrons. The largest absolute Gasteiger partial charge is 0.632 e. The van der Waals surface area contributed by atoms with Gasteiger partial charge in [0.15, 0.2) is 0 Å². The molecule has 4 heteroatoms. The molecule has 0 atom stereocenters. The lowest BCUT2D eigenvalue weighted by Gasteiger charge is -2.31. The van der Waals surface area contributed by atoms with Gasteiger partial charge in [-0.3, -0.25) is 0 Å². The molecule has 0 aliphatic carbocycles. The average Bonchev–Trinajstić information content (AvgIpc) is 2.88. The van der Waals surface area contributed by atoms with Crippen LogP contribution >= 0.6 is 0 Å². The van der Waals surface area contributed by atoms with Crippen LogP contribution in [0.15, 0.2) is 73.8 Å². The summed E-state index contributed by atoms with van der Waals surface area (Å²) in [6, 6.07) is 17.1. The second-order valence-electron chi connectivity index (χ2n) is 9.45. The van der Waals surface area contributed by atoms with Crippen LogP contribution in [0.1, 0.15) is 89.2 Å². The fourth-order valence-corrected chi connectivity index (χ4v) is 7.19. The smallest absolute Gasteiger partial charge is 0.492 e. The van der Waals surface area contributed by atoms with Crippen molar-refractivity contribution in [3.05, 3.63) is 85.0 Å². The molecule has 0 aromatic heterocycles. The van der Waals surface area contributed by atoms with E-state index in [1.54, 1.807) is 0 Å². The molecule has 0 aliphatic rings. The molecule has 0 saturated heterocycles. The van der Waals surface area contributed by atoms with Crippen molar-refractivity contribution < 1.29 is 13.3 Å². The third-order valence-electron chi connectivity index (χ3n) is 6.41. The van der Waals surface area contributed by atoms with Gasteiger partial charge in [-0.2, -0.15) is 0 Å². The van der Waals surface area contributed by atoms with E-state index in [2.05, 4.69) is 32.2 Å². The molecule has 0 saturated carbocycles. The summed E-state index contributed by atoms with van der Waals surface area (Å²) in [6.07, 6.45) is 18.2. The highest BCUT2D eigenvalue weighted by molar-refractivity contribution is 6.62. The normalized spacial score (nSPS) is 11.3. The predicted octanol–water partition coefficient (Wildman–Crippen LogP) is 9.50. The van der Waals surface area contributed by atoms with Crippen molar-refractivity contribution in [2.75, 3.05) is 6.61 Å². The molecule has 0 amide bonds. The van der Waals surface area contributed by atoms with Gasteiger partial charge in [0.1, 0.15) is 11.5 Å². The molecule has 0 bridgehead atoms. The Morgan fingerprint density at radius 1 is 0.639 bits per heavy atom. The maximum atomic E-state index is 6.77. The van der Waals surface area contributed by atoms with Crippen LogP contribution in [0.25, 0.3) is 0 Å². The van der Waals surface area contributed by atoms with Gasteiger partial charge in [0.2, 0.25) is 0 Å². The molecule has 36 heavy (non-hydrogen) atoms. The lowest BCUT2D eigenvalue weighted by molar-refractivity contribution is 0.171. The minimum Gasteiger partial charge on any atom is -0.492 e. The van der Waals surface area contributed by atoms with E-state index in [1.165, 1.54) is 57.8 Å². The molecule has 0 aliphatic heterocycles. The van der Waals surface area contributed by atoms with Gasteiger partial charge in [-0.05, 0) is 49.4 Å². The minimum atomic E-state index is -3.06. The molecule has 3 nitrogen and oxygen atoms in total. The Kier molecular flexibility index (Phi) is 15.0. The predicted molar refractivity (Wildman–Crippen MR) is 156 cm³/mol. The van der Waals surface area contributed by atoms with E-state index in [0.29, 0.717) is 6.61 Å². The lowest BCUT2D eigenvalue weighted by Crippen LogP contribution is -2.52. The molecule has 0 heterocycles. The summed E-state index contributed by atoms with van der Waals surface area (Å²) in [5, 5.41) is 0. The Hall–Kier alpha value is -2.30.